The van der Waals surface area contributed by atoms with E-state index in [1.165, 1.54) is 17.4 Å². The minimum absolute atomic E-state index is 0.0414. The van der Waals surface area contributed by atoms with E-state index >= 15 is 0 Å². The predicted octanol–water partition coefficient (Wildman–Crippen LogP) is 0.226. The van der Waals surface area contributed by atoms with Crippen LogP contribution in [0.2, 0.25) is 0 Å². The van der Waals surface area contributed by atoms with Crippen molar-refractivity contribution in [2.45, 2.75) is 0 Å². The molecule has 0 saturated carbocycles. The lowest BCUT2D eigenvalue weighted by Gasteiger charge is -2.21. The first-order valence-corrected chi connectivity index (χ1v) is 9.08. The number of H-pyrrole nitrogens is 1. The van der Waals surface area contributed by atoms with Gasteiger partial charge in [0.05, 0.1) is 16.7 Å². The maximum atomic E-state index is 12.4. The van der Waals surface area contributed by atoms with Gasteiger partial charge in [0.25, 0.3) is 5.91 Å². The van der Waals surface area contributed by atoms with Crippen molar-refractivity contribution < 1.29 is 18.0 Å². The summed E-state index contributed by atoms with van der Waals surface area (Å²) < 4.78 is 22.9. The van der Waals surface area contributed by atoms with E-state index < -0.39 is 33.8 Å². The molecule has 0 aliphatic heterocycles. The van der Waals surface area contributed by atoms with Gasteiger partial charge in [-0.2, -0.15) is 0 Å². The molecule has 122 valence electrons. The molecule has 2 heterocycles. The van der Waals surface area contributed by atoms with Gasteiger partial charge in [-0.3, -0.25) is 19.4 Å². The molecule has 0 saturated heterocycles. The standard InChI is InChI=1S/C13H13N3O5S2/c1-23(20,21)15-16(8-10(17)11-3-2-6-22-11)13(19)9-4-5-12(18)14-7-9/h2-7,15H,8H2,1H3,(H,14,18). The van der Waals surface area contributed by atoms with Gasteiger partial charge in [-0.25, -0.2) is 8.42 Å². The van der Waals surface area contributed by atoms with E-state index in [0.717, 1.165) is 18.5 Å². The highest BCUT2D eigenvalue weighted by atomic mass is 32.2. The Morgan fingerprint density at radius 1 is 1.30 bits per heavy atom. The Bertz CT molecular complexity index is 851. The first-order chi connectivity index (χ1) is 10.8. The fourth-order valence-corrected chi connectivity index (χ4v) is 2.91. The Morgan fingerprint density at radius 3 is 2.57 bits per heavy atom. The molecule has 0 radical (unpaired) electrons. The third kappa shape index (κ3) is 4.84. The number of hydrogen-bond donors (Lipinski definition) is 2. The van der Waals surface area contributed by atoms with Gasteiger partial charge in [0.2, 0.25) is 15.6 Å². The molecule has 8 nitrogen and oxygen atoms in total. The predicted molar refractivity (Wildman–Crippen MR) is 84.7 cm³/mol. The van der Waals surface area contributed by atoms with Crippen LogP contribution >= 0.6 is 11.3 Å². The van der Waals surface area contributed by atoms with E-state index in [2.05, 4.69) is 4.98 Å². The number of hydrazine groups is 1. The average Bonchev–Trinajstić information content (AvgIpc) is 2.99. The van der Waals surface area contributed by atoms with Crippen molar-refractivity contribution in [2.75, 3.05) is 12.8 Å². The summed E-state index contributed by atoms with van der Waals surface area (Å²) in [4.78, 5) is 40.2. The normalized spacial score (nSPS) is 11.2. The Kier molecular flexibility index (Phi) is 5.08. The second-order valence-electron chi connectivity index (χ2n) is 4.60. The van der Waals surface area contributed by atoms with E-state index in [4.69, 9.17) is 0 Å². The van der Waals surface area contributed by atoms with Crippen molar-refractivity contribution in [3.05, 3.63) is 56.6 Å². The second kappa shape index (κ2) is 6.86. The van der Waals surface area contributed by atoms with E-state index in [-0.39, 0.29) is 5.56 Å². The first-order valence-electron chi connectivity index (χ1n) is 6.31. The van der Waals surface area contributed by atoms with Gasteiger partial charge in [0, 0.05) is 12.3 Å². The smallest absolute Gasteiger partial charge is 0.270 e. The number of thiophene rings is 1. The number of ketones is 1. The molecule has 2 rings (SSSR count). The number of rotatable bonds is 6. The lowest BCUT2D eigenvalue weighted by molar-refractivity contribution is 0.0675. The fraction of sp³-hybridized carbons (Fsp3) is 0.154. The number of aromatic amines is 1. The summed E-state index contributed by atoms with van der Waals surface area (Å²) in [6.45, 7) is -0.467. The highest BCUT2D eigenvalue weighted by Gasteiger charge is 2.23. The number of amides is 1. The van der Waals surface area contributed by atoms with Gasteiger partial charge in [-0.1, -0.05) is 6.07 Å². The number of sulfonamides is 1. The number of nitrogens with one attached hydrogen (secondary N) is 2. The van der Waals surface area contributed by atoms with Crippen LogP contribution in [0.5, 0.6) is 0 Å². The van der Waals surface area contributed by atoms with E-state index in [9.17, 15) is 22.8 Å². The van der Waals surface area contributed by atoms with Crippen molar-refractivity contribution in [1.29, 1.82) is 0 Å². The summed E-state index contributed by atoms with van der Waals surface area (Å²) in [7, 11) is -3.76. The molecule has 23 heavy (non-hydrogen) atoms. The molecule has 0 aliphatic rings. The molecule has 0 aromatic carbocycles. The van der Waals surface area contributed by atoms with Crippen LogP contribution in [0.25, 0.3) is 0 Å². The molecule has 10 heteroatoms. The zero-order chi connectivity index (χ0) is 17.0. The molecular weight excluding hydrogens is 342 g/mol. The van der Waals surface area contributed by atoms with Crippen LogP contribution in [0, 0.1) is 0 Å². The minimum atomic E-state index is -3.76. The summed E-state index contributed by atoms with van der Waals surface area (Å²) in [5, 5.41) is 2.40. The minimum Gasteiger partial charge on any atom is -0.328 e. The molecule has 1 amide bonds. The van der Waals surface area contributed by atoms with Crippen LogP contribution in [-0.4, -0.2) is 42.9 Å². The van der Waals surface area contributed by atoms with Crippen LogP contribution in [-0.2, 0) is 10.0 Å². The number of aromatic nitrogens is 1. The molecule has 0 bridgehead atoms. The molecular formula is C13H13N3O5S2. The molecule has 0 fully saturated rings. The van der Waals surface area contributed by atoms with Crippen LogP contribution < -0.4 is 10.4 Å². The first kappa shape index (κ1) is 17.1. The number of pyridine rings is 1. The molecule has 2 N–H and O–H groups in total. The van der Waals surface area contributed by atoms with Crippen LogP contribution in [0.4, 0.5) is 0 Å². The molecule has 0 aliphatic carbocycles. The number of nitrogens with zero attached hydrogens (tertiary/aromatic N) is 1. The quantitative estimate of drug-likeness (QED) is 0.568. The van der Waals surface area contributed by atoms with Gasteiger partial charge < -0.3 is 4.98 Å². The van der Waals surface area contributed by atoms with Crippen molar-refractivity contribution in [3.8, 4) is 0 Å². The van der Waals surface area contributed by atoms with Gasteiger partial charge in [-0.15, -0.1) is 16.2 Å². The average molecular weight is 355 g/mol. The zero-order valence-electron chi connectivity index (χ0n) is 12.0. The van der Waals surface area contributed by atoms with Crippen molar-refractivity contribution >= 4 is 33.1 Å². The summed E-state index contributed by atoms with van der Waals surface area (Å²) in [6, 6.07) is 5.63. The van der Waals surface area contributed by atoms with E-state index in [1.54, 1.807) is 17.5 Å². The Labute approximate surface area is 135 Å². The monoisotopic (exact) mass is 355 g/mol. The fourth-order valence-electron chi connectivity index (χ4n) is 1.70. The largest absolute Gasteiger partial charge is 0.328 e. The van der Waals surface area contributed by atoms with Crippen LogP contribution in [0.15, 0.2) is 40.6 Å². The third-order valence-corrected chi connectivity index (χ3v) is 4.11. The Balaban J connectivity index is 2.26. The summed E-state index contributed by atoms with van der Waals surface area (Å²) >= 11 is 1.19. The number of carbonyl (C=O) groups excluding carboxylic acids is 2. The van der Waals surface area contributed by atoms with Gasteiger partial charge in [0.1, 0.15) is 6.54 Å². The molecule has 2 aromatic heterocycles. The molecule has 0 unspecified atom stereocenters. The number of carbonyl (C=O) groups is 2. The number of Topliss-reactive ketones (excluding diaryl/α,β-unsaturated/α-hetero) is 1. The van der Waals surface area contributed by atoms with Crippen molar-refractivity contribution in [1.82, 2.24) is 14.8 Å². The van der Waals surface area contributed by atoms with Crippen LogP contribution in [0.1, 0.15) is 20.0 Å². The SMILES string of the molecule is CS(=O)(=O)NN(CC(=O)c1cccs1)C(=O)c1ccc(=O)[nH]c1. The highest BCUT2D eigenvalue weighted by Crippen LogP contribution is 2.11. The Morgan fingerprint density at radius 2 is 2.04 bits per heavy atom. The van der Waals surface area contributed by atoms with Gasteiger partial charge >= 0.3 is 0 Å². The molecule has 2 aromatic rings. The van der Waals surface area contributed by atoms with Gasteiger partial charge in [0.15, 0.2) is 5.78 Å². The van der Waals surface area contributed by atoms with Gasteiger partial charge in [-0.05, 0) is 17.5 Å². The lowest BCUT2D eigenvalue weighted by atomic mass is 10.2. The summed E-state index contributed by atoms with van der Waals surface area (Å²) in [6.07, 6.45) is 2.02. The molecule has 0 atom stereocenters. The Hall–Kier alpha value is -2.30. The maximum absolute atomic E-state index is 12.4. The van der Waals surface area contributed by atoms with Crippen molar-refractivity contribution in [2.24, 2.45) is 0 Å². The lowest BCUT2D eigenvalue weighted by Crippen LogP contribution is -2.48. The summed E-state index contributed by atoms with van der Waals surface area (Å²) in [5.41, 5.74) is -0.362. The maximum Gasteiger partial charge on any atom is 0.270 e. The van der Waals surface area contributed by atoms with Crippen molar-refractivity contribution in [3.63, 3.8) is 0 Å². The van der Waals surface area contributed by atoms with E-state index in [1.807, 2.05) is 4.83 Å². The summed E-state index contributed by atoms with van der Waals surface area (Å²) in [5.74, 6) is -1.16. The van der Waals surface area contributed by atoms with Crippen LogP contribution in [0.3, 0.4) is 0 Å². The topological polar surface area (TPSA) is 116 Å². The van der Waals surface area contributed by atoms with E-state index in [0.29, 0.717) is 9.89 Å². The second-order valence-corrected chi connectivity index (χ2v) is 7.27. The highest BCUT2D eigenvalue weighted by molar-refractivity contribution is 7.88. The molecule has 0 spiro atoms. The zero-order valence-corrected chi connectivity index (χ0v) is 13.6. The third-order valence-electron chi connectivity index (χ3n) is 2.65. The number of hydrogen-bond acceptors (Lipinski definition) is 6.